The van der Waals surface area contributed by atoms with E-state index >= 15 is 0 Å². The second kappa shape index (κ2) is 11.0. The third kappa shape index (κ3) is 6.85. The Kier molecular flexibility index (Phi) is 8.04. The molecule has 2 aliphatic rings. The lowest BCUT2D eigenvalue weighted by Gasteiger charge is -2.33. The molecule has 29 heavy (non-hydrogen) atoms. The minimum Gasteiger partial charge on any atom is -0.342 e. The lowest BCUT2D eigenvalue weighted by Crippen LogP contribution is -2.48. The van der Waals surface area contributed by atoms with Gasteiger partial charge in [-0.3, -0.25) is 19.8 Å². The Bertz CT molecular complexity index is 679. The first-order valence-corrected chi connectivity index (χ1v) is 10.7. The summed E-state index contributed by atoms with van der Waals surface area (Å²) in [4.78, 5) is 40.8. The maximum Gasteiger partial charge on any atom is 0.321 e. The standard InChI is InChI=1S/C22H32N4O3/c27-20(24-22(29)23-16-18-8-4-3-5-9-18)17-25-14-10-19(11-15-25)21(28)26-12-6-1-2-7-13-26/h3-5,8-9,19H,1-2,6-7,10-17H2,(H2,23,24,27,29). The molecule has 0 aromatic heterocycles. The van der Waals surface area contributed by atoms with Gasteiger partial charge in [0.15, 0.2) is 0 Å². The number of nitrogens with one attached hydrogen (secondary N) is 2. The summed E-state index contributed by atoms with van der Waals surface area (Å²) < 4.78 is 0. The summed E-state index contributed by atoms with van der Waals surface area (Å²) in [6.07, 6.45) is 6.21. The number of carbonyl (C=O) groups is 3. The maximum absolute atomic E-state index is 12.7. The number of imide groups is 1. The summed E-state index contributed by atoms with van der Waals surface area (Å²) in [6.45, 7) is 3.76. The Labute approximate surface area is 172 Å². The van der Waals surface area contributed by atoms with Crippen LogP contribution in [0.1, 0.15) is 44.1 Å². The molecule has 158 valence electrons. The van der Waals surface area contributed by atoms with Crippen LogP contribution in [-0.4, -0.2) is 60.4 Å². The predicted molar refractivity (Wildman–Crippen MR) is 111 cm³/mol. The zero-order valence-corrected chi connectivity index (χ0v) is 17.1. The van der Waals surface area contributed by atoms with E-state index in [2.05, 4.69) is 10.6 Å². The second-order valence-electron chi connectivity index (χ2n) is 8.01. The van der Waals surface area contributed by atoms with Crippen LogP contribution in [-0.2, 0) is 16.1 Å². The van der Waals surface area contributed by atoms with Crippen LogP contribution in [0.4, 0.5) is 4.79 Å². The van der Waals surface area contributed by atoms with Crippen LogP contribution >= 0.6 is 0 Å². The molecular formula is C22H32N4O3. The van der Waals surface area contributed by atoms with Crippen LogP contribution in [0.25, 0.3) is 0 Å². The molecule has 2 fully saturated rings. The van der Waals surface area contributed by atoms with Crippen LogP contribution in [0.5, 0.6) is 0 Å². The molecule has 0 saturated carbocycles. The highest BCUT2D eigenvalue weighted by Crippen LogP contribution is 2.21. The molecule has 2 heterocycles. The lowest BCUT2D eigenvalue weighted by atomic mass is 9.95. The highest BCUT2D eigenvalue weighted by atomic mass is 16.2. The van der Waals surface area contributed by atoms with E-state index in [0.29, 0.717) is 19.6 Å². The summed E-state index contributed by atoms with van der Waals surface area (Å²) in [7, 11) is 0. The van der Waals surface area contributed by atoms with Gasteiger partial charge in [0.25, 0.3) is 0 Å². The van der Waals surface area contributed by atoms with Crippen molar-refractivity contribution >= 4 is 17.8 Å². The van der Waals surface area contributed by atoms with E-state index in [1.165, 1.54) is 12.8 Å². The number of hydrogen-bond donors (Lipinski definition) is 2. The van der Waals surface area contributed by atoms with E-state index in [4.69, 9.17) is 0 Å². The van der Waals surface area contributed by atoms with Crippen molar-refractivity contribution in [3.63, 3.8) is 0 Å². The molecule has 1 aromatic carbocycles. The Morgan fingerprint density at radius 2 is 1.55 bits per heavy atom. The zero-order chi connectivity index (χ0) is 20.5. The number of rotatable bonds is 5. The van der Waals surface area contributed by atoms with Gasteiger partial charge in [-0.05, 0) is 44.3 Å². The van der Waals surface area contributed by atoms with Crippen molar-refractivity contribution in [1.29, 1.82) is 0 Å². The molecule has 3 rings (SSSR count). The van der Waals surface area contributed by atoms with Gasteiger partial charge in [-0.2, -0.15) is 0 Å². The summed E-state index contributed by atoms with van der Waals surface area (Å²) in [6, 6.07) is 9.07. The van der Waals surface area contributed by atoms with Crippen LogP contribution in [0.15, 0.2) is 30.3 Å². The summed E-state index contributed by atoms with van der Waals surface area (Å²) in [5, 5.41) is 5.08. The van der Waals surface area contributed by atoms with Crippen LogP contribution < -0.4 is 10.6 Å². The van der Waals surface area contributed by atoms with Crippen LogP contribution in [0, 0.1) is 5.92 Å². The predicted octanol–water partition coefficient (Wildman–Crippen LogP) is 2.13. The van der Waals surface area contributed by atoms with E-state index in [-0.39, 0.29) is 24.3 Å². The molecule has 0 spiro atoms. The van der Waals surface area contributed by atoms with E-state index < -0.39 is 6.03 Å². The van der Waals surface area contributed by atoms with Gasteiger partial charge in [0.2, 0.25) is 11.8 Å². The van der Waals surface area contributed by atoms with Crippen LogP contribution in [0.3, 0.4) is 0 Å². The number of amides is 4. The SMILES string of the molecule is O=C(CN1CCC(C(=O)N2CCCCCC2)CC1)NC(=O)NCc1ccccc1. The van der Waals surface area contributed by atoms with Gasteiger partial charge in [0.05, 0.1) is 6.54 Å². The quantitative estimate of drug-likeness (QED) is 0.793. The fraction of sp³-hybridized carbons (Fsp3) is 0.591. The summed E-state index contributed by atoms with van der Waals surface area (Å²) in [5.41, 5.74) is 0.978. The average Bonchev–Trinajstić information content (AvgIpc) is 3.02. The smallest absolute Gasteiger partial charge is 0.321 e. The molecule has 2 aliphatic heterocycles. The highest BCUT2D eigenvalue weighted by molar-refractivity contribution is 5.95. The molecule has 0 aliphatic carbocycles. The first kappa shape index (κ1) is 21.3. The minimum atomic E-state index is -0.481. The molecule has 0 unspecified atom stereocenters. The highest BCUT2D eigenvalue weighted by Gasteiger charge is 2.29. The fourth-order valence-corrected chi connectivity index (χ4v) is 4.08. The fourth-order valence-electron chi connectivity index (χ4n) is 4.08. The topological polar surface area (TPSA) is 81.8 Å². The Hall–Kier alpha value is -2.41. The van der Waals surface area contributed by atoms with Crippen molar-refractivity contribution in [3.05, 3.63) is 35.9 Å². The van der Waals surface area contributed by atoms with Gasteiger partial charge >= 0.3 is 6.03 Å². The van der Waals surface area contributed by atoms with E-state index in [9.17, 15) is 14.4 Å². The second-order valence-corrected chi connectivity index (χ2v) is 8.01. The number of piperidine rings is 1. The van der Waals surface area contributed by atoms with Crippen molar-refractivity contribution in [1.82, 2.24) is 20.4 Å². The van der Waals surface area contributed by atoms with Gasteiger partial charge in [0.1, 0.15) is 0 Å². The van der Waals surface area contributed by atoms with Crippen LogP contribution in [0.2, 0.25) is 0 Å². The van der Waals surface area contributed by atoms with E-state index in [1.807, 2.05) is 40.1 Å². The Morgan fingerprint density at radius 1 is 0.897 bits per heavy atom. The molecule has 0 radical (unpaired) electrons. The first-order chi connectivity index (χ1) is 14.1. The number of carbonyl (C=O) groups excluding carboxylic acids is 3. The van der Waals surface area contributed by atoms with Gasteiger partial charge < -0.3 is 10.2 Å². The number of hydrogen-bond acceptors (Lipinski definition) is 4. The molecule has 0 bridgehead atoms. The number of nitrogens with zero attached hydrogens (tertiary/aromatic N) is 2. The normalized spacial score (nSPS) is 18.7. The zero-order valence-electron chi connectivity index (χ0n) is 17.1. The van der Waals surface area contributed by atoms with Gasteiger partial charge in [0, 0.05) is 25.6 Å². The van der Waals surface area contributed by atoms with Gasteiger partial charge in [-0.1, -0.05) is 43.2 Å². The molecular weight excluding hydrogens is 368 g/mol. The lowest BCUT2D eigenvalue weighted by molar-refractivity contribution is -0.137. The van der Waals surface area contributed by atoms with Gasteiger partial charge in [-0.25, -0.2) is 4.79 Å². The third-order valence-electron chi connectivity index (χ3n) is 5.77. The van der Waals surface area contributed by atoms with Crippen molar-refractivity contribution in [2.45, 2.75) is 45.1 Å². The molecule has 2 N–H and O–H groups in total. The number of likely N-dealkylation sites (tertiary alicyclic amines) is 2. The maximum atomic E-state index is 12.7. The van der Waals surface area contributed by atoms with Crippen molar-refractivity contribution < 1.29 is 14.4 Å². The van der Waals surface area contributed by atoms with Crippen molar-refractivity contribution in [2.75, 3.05) is 32.7 Å². The minimum absolute atomic E-state index is 0.0709. The summed E-state index contributed by atoms with van der Waals surface area (Å²) >= 11 is 0. The third-order valence-corrected chi connectivity index (χ3v) is 5.77. The molecule has 4 amide bonds. The summed E-state index contributed by atoms with van der Waals surface area (Å²) in [5.74, 6) is 0.0470. The number of urea groups is 1. The molecule has 7 nitrogen and oxygen atoms in total. The monoisotopic (exact) mass is 400 g/mol. The van der Waals surface area contributed by atoms with E-state index in [1.54, 1.807) is 0 Å². The van der Waals surface area contributed by atoms with Crippen molar-refractivity contribution in [2.24, 2.45) is 5.92 Å². The van der Waals surface area contributed by atoms with Crippen molar-refractivity contribution in [3.8, 4) is 0 Å². The molecule has 1 aromatic rings. The molecule has 0 atom stereocenters. The molecule has 7 heteroatoms. The largest absolute Gasteiger partial charge is 0.342 e. The number of benzene rings is 1. The Morgan fingerprint density at radius 3 is 2.21 bits per heavy atom. The van der Waals surface area contributed by atoms with E-state index in [0.717, 1.165) is 44.3 Å². The van der Waals surface area contributed by atoms with Gasteiger partial charge in [-0.15, -0.1) is 0 Å². The average molecular weight is 401 g/mol. The molecule has 2 saturated heterocycles. The first-order valence-electron chi connectivity index (χ1n) is 10.7. The Balaban J connectivity index is 1.34.